The van der Waals surface area contributed by atoms with E-state index in [-0.39, 0.29) is 23.3 Å². The number of nitrogens with zero attached hydrogens (tertiary/aromatic N) is 3. The normalized spacial score (nSPS) is 10.4. The number of aromatic nitrogens is 2. The zero-order valence-electron chi connectivity index (χ0n) is 14.2. The molecule has 0 unspecified atom stereocenters. The maximum absolute atomic E-state index is 12.3. The Morgan fingerprint density at radius 2 is 1.86 bits per heavy atom. The van der Waals surface area contributed by atoms with Gasteiger partial charge in [0, 0.05) is 23.5 Å². The molecule has 0 saturated carbocycles. The van der Waals surface area contributed by atoms with Crippen LogP contribution >= 0.6 is 23.2 Å². The molecule has 2 N–H and O–H groups in total. The molecule has 0 bridgehead atoms. The van der Waals surface area contributed by atoms with Gasteiger partial charge in [-0.05, 0) is 35.4 Å². The lowest BCUT2D eigenvalue weighted by atomic mass is 10.1. The maximum Gasteiger partial charge on any atom is 0.269 e. The minimum Gasteiger partial charge on any atom is -0.339 e. The minimum atomic E-state index is -0.499. The number of benzene rings is 2. The highest BCUT2D eigenvalue weighted by Gasteiger charge is 2.10. The van der Waals surface area contributed by atoms with Crippen LogP contribution in [-0.4, -0.2) is 20.8 Å². The predicted octanol–water partition coefficient (Wildman–Crippen LogP) is 4.62. The molecule has 2 aromatic carbocycles. The van der Waals surface area contributed by atoms with Crippen LogP contribution in [0.4, 0.5) is 22.9 Å². The number of nitro groups is 1. The second kappa shape index (κ2) is 8.64. The maximum atomic E-state index is 12.3. The number of hydrogen-bond donors (Lipinski definition) is 2. The Bertz CT molecular complexity index is 1050. The number of halogens is 2. The van der Waals surface area contributed by atoms with Crippen LogP contribution in [0.3, 0.4) is 0 Å². The summed E-state index contributed by atoms with van der Waals surface area (Å²) in [6, 6.07) is 12.9. The van der Waals surface area contributed by atoms with Gasteiger partial charge in [0.05, 0.1) is 17.5 Å². The lowest BCUT2D eigenvalue weighted by molar-refractivity contribution is -0.384. The molecular formula is C18H13Cl2N5O3. The van der Waals surface area contributed by atoms with E-state index in [0.29, 0.717) is 27.8 Å². The summed E-state index contributed by atoms with van der Waals surface area (Å²) in [7, 11) is 0. The second-order valence-corrected chi connectivity index (χ2v) is 6.44. The van der Waals surface area contributed by atoms with Crippen LogP contribution in [0.15, 0.2) is 54.7 Å². The van der Waals surface area contributed by atoms with Crippen LogP contribution in [-0.2, 0) is 11.2 Å². The monoisotopic (exact) mass is 417 g/mol. The van der Waals surface area contributed by atoms with Gasteiger partial charge in [0.2, 0.25) is 11.2 Å². The number of hydrogen-bond acceptors (Lipinski definition) is 6. The van der Waals surface area contributed by atoms with E-state index in [9.17, 15) is 14.9 Å². The van der Waals surface area contributed by atoms with Crippen molar-refractivity contribution in [2.45, 2.75) is 6.42 Å². The third-order valence-corrected chi connectivity index (χ3v) is 4.07. The summed E-state index contributed by atoms with van der Waals surface area (Å²) in [6.07, 6.45) is 1.39. The summed E-state index contributed by atoms with van der Waals surface area (Å²) in [5, 5.41) is 16.9. The Balaban J connectivity index is 1.68. The average molecular weight is 418 g/mol. The predicted molar refractivity (Wildman–Crippen MR) is 107 cm³/mol. The van der Waals surface area contributed by atoms with E-state index in [4.69, 9.17) is 23.2 Å². The van der Waals surface area contributed by atoms with Gasteiger partial charge in [-0.1, -0.05) is 29.8 Å². The van der Waals surface area contributed by atoms with Crippen molar-refractivity contribution in [1.82, 2.24) is 9.97 Å². The van der Waals surface area contributed by atoms with Gasteiger partial charge in [0.25, 0.3) is 5.69 Å². The molecule has 1 amide bonds. The Morgan fingerprint density at radius 1 is 1.11 bits per heavy atom. The number of nitrogens with one attached hydrogen (secondary N) is 2. The minimum absolute atomic E-state index is 0.00663. The van der Waals surface area contributed by atoms with Crippen LogP contribution in [0.1, 0.15) is 5.56 Å². The fraction of sp³-hybridized carbons (Fsp3) is 0.0556. The second-order valence-electron chi connectivity index (χ2n) is 5.69. The van der Waals surface area contributed by atoms with E-state index in [0.717, 1.165) is 0 Å². The van der Waals surface area contributed by atoms with Gasteiger partial charge >= 0.3 is 0 Å². The molecule has 3 aromatic rings. The first-order valence-electron chi connectivity index (χ1n) is 7.99. The quantitative estimate of drug-likeness (QED) is 0.344. The van der Waals surface area contributed by atoms with Gasteiger partial charge < -0.3 is 10.6 Å². The van der Waals surface area contributed by atoms with E-state index < -0.39 is 4.92 Å². The SMILES string of the molecule is O=C(Cc1cccc([N+](=O)[O-])c1)Nc1cccc(Nc2nc(Cl)ncc2Cl)c1. The fourth-order valence-electron chi connectivity index (χ4n) is 2.42. The number of carbonyl (C=O) groups is 1. The molecule has 0 saturated heterocycles. The molecule has 0 radical (unpaired) electrons. The molecule has 28 heavy (non-hydrogen) atoms. The number of anilines is 3. The molecule has 0 aliphatic carbocycles. The Morgan fingerprint density at radius 3 is 2.64 bits per heavy atom. The Labute approximate surface area is 169 Å². The zero-order valence-corrected chi connectivity index (χ0v) is 15.7. The molecule has 1 heterocycles. The van der Waals surface area contributed by atoms with Gasteiger partial charge in [0.1, 0.15) is 5.02 Å². The number of rotatable bonds is 6. The molecular weight excluding hydrogens is 405 g/mol. The van der Waals surface area contributed by atoms with Gasteiger partial charge in [-0.2, -0.15) is 4.98 Å². The standard InChI is InChI=1S/C18H13Cl2N5O3/c19-15-10-21-18(20)24-17(15)23-13-5-2-4-12(9-13)22-16(26)8-11-3-1-6-14(7-11)25(27)28/h1-7,9-10H,8H2,(H,22,26)(H,21,23,24). The van der Waals surface area contributed by atoms with Crippen molar-refractivity contribution in [2.24, 2.45) is 0 Å². The highest BCUT2D eigenvalue weighted by Crippen LogP contribution is 2.25. The molecule has 8 nitrogen and oxygen atoms in total. The first-order valence-corrected chi connectivity index (χ1v) is 8.74. The van der Waals surface area contributed by atoms with Crippen LogP contribution in [0.25, 0.3) is 0 Å². The highest BCUT2D eigenvalue weighted by atomic mass is 35.5. The summed E-state index contributed by atoms with van der Waals surface area (Å²) < 4.78 is 0. The fourth-order valence-corrected chi connectivity index (χ4v) is 2.69. The van der Waals surface area contributed by atoms with E-state index in [1.807, 2.05) is 0 Å². The van der Waals surface area contributed by atoms with Crippen molar-refractivity contribution < 1.29 is 9.72 Å². The van der Waals surface area contributed by atoms with Gasteiger partial charge in [-0.3, -0.25) is 14.9 Å². The molecule has 142 valence electrons. The third-order valence-electron chi connectivity index (χ3n) is 3.61. The van der Waals surface area contributed by atoms with E-state index in [1.54, 1.807) is 36.4 Å². The molecule has 0 fully saturated rings. The molecule has 10 heteroatoms. The lowest BCUT2D eigenvalue weighted by Crippen LogP contribution is -2.14. The molecule has 0 aliphatic heterocycles. The molecule has 0 atom stereocenters. The highest BCUT2D eigenvalue weighted by molar-refractivity contribution is 6.33. The van der Waals surface area contributed by atoms with Gasteiger partial charge in [-0.15, -0.1) is 0 Å². The van der Waals surface area contributed by atoms with E-state index in [1.165, 1.54) is 18.3 Å². The first-order chi connectivity index (χ1) is 13.4. The van der Waals surface area contributed by atoms with Crippen molar-refractivity contribution in [2.75, 3.05) is 10.6 Å². The van der Waals surface area contributed by atoms with Crippen LogP contribution < -0.4 is 10.6 Å². The van der Waals surface area contributed by atoms with Crippen LogP contribution in [0.5, 0.6) is 0 Å². The van der Waals surface area contributed by atoms with Crippen molar-refractivity contribution in [3.8, 4) is 0 Å². The topological polar surface area (TPSA) is 110 Å². The number of non-ortho nitro benzene ring substituents is 1. The lowest BCUT2D eigenvalue weighted by Gasteiger charge is -2.10. The first kappa shape index (κ1) is 19.5. The third kappa shape index (κ3) is 5.15. The molecule has 0 spiro atoms. The van der Waals surface area contributed by atoms with Crippen molar-refractivity contribution in [3.63, 3.8) is 0 Å². The summed E-state index contributed by atoms with van der Waals surface area (Å²) in [5.41, 5.74) is 1.65. The zero-order chi connectivity index (χ0) is 20.1. The Kier molecular flexibility index (Phi) is 6.03. The molecule has 0 aliphatic rings. The van der Waals surface area contributed by atoms with E-state index >= 15 is 0 Å². The summed E-state index contributed by atoms with van der Waals surface area (Å²) in [6.45, 7) is 0. The average Bonchev–Trinajstić information content (AvgIpc) is 2.65. The van der Waals surface area contributed by atoms with Crippen molar-refractivity contribution >= 4 is 52.0 Å². The van der Waals surface area contributed by atoms with E-state index in [2.05, 4.69) is 20.6 Å². The van der Waals surface area contributed by atoms with Crippen molar-refractivity contribution in [1.29, 1.82) is 0 Å². The summed E-state index contributed by atoms with van der Waals surface area (Å²) in [4.78, 5) is 30.4. The molecule has 3 rings (SSSR count). The molecule has 1 aromatic heterocycles. The number of nitro benzene ring substituents is 1. The number of amides is 1. The Hall–Kier alpha value is -3.23. The van der Waals surface area contributed by atoms with Crippen molar-refractivity contribution in [3.05, 3.63) is 80.7 Å². The number of carbonyl (C=O) groups excluding carboxylic acids is 1. The van der Waals surface area contributed by atoms with Crippen LogP contribution in [0, 0.1) is 10.1 Å². The smallest absolute Gasteiger partial charge is 0.269 e. The largest absolute Gasteiger partial charge is 0.339 e. The van der Waals surface area contributed by atoms with Gasteiger partial charge in [0.15, 0.2) is 5.82 Å². The summed E-state index contributed by atoms with van der Waals surface area (Å²) in [5.74, 6) is 0.0301. The summed E-state index contributed by atoms with van der Waals surface area (Å²) >= 11 is 11.8. The van der Waals surface area contributed by atoms with Crippen LogP contribution in [0.2, 0.25) is 10.3 Å². The van der Waals surface area contributed by atoms with Gasteiger partial charge in [-0.25, -0.2) is 4.98 Å².